The van der Waals surface area contributed by atoms with E-state index in [1.165, 1.54) is 6.42 Å². The molecule has 7 heteroatoms. The van der Waals surface area contributed by atoms with Gasteiger partial charge in [-0.25, -0.2) is 13.1 Å². The first-order valence-corrected chi connectivity index (χ1v) is 8.54. The Hall–Kier alpha value is -0.660. The molecule has 1 aliphatic rings. The van der Waals surface area contributed by atoms with Crippen LogP contribution < -0.4 is 15.8 Å². The van der Waals surface area contributed by atoms with Crippen LogP contribution in [0.2, 0.25) is 0 Å². The lowest BCUT2D eigenvalue weighted by Gasteiger charge is -2.25. The van der Waals surface area contributed by atoms with Gasteiger partial charge in [-0.15, -0.1) is 0 Å². The van der Waals surface area contributed by atoms with E-state index in [0.29, 0.717) is 25.3 Å². The molecule has 1 unspecified atom stereocenters. The van der Waals surface area contributed by atoms with E-state index in [4.69, 9.17) is 5.73 Å². The topological polar surface area (TPSA) is 101 Å². The Balaban J connectivity index is 2.10. The SMILES string of the molecule is CC(N)CCC(=O)NCCS(=O)(=O)NCC1CCC1. The maximum atomic E-state index is 11.6. The maximum absolute atomic E-state index is 11.6. The molecular formula is C12H25N3O3S. The van der Waals surface area contributed by atoms with Crippen molar-refractivity contribution in [3.8, 4) is 0 Å². The number of rotatable bonds is 9. The third-order valence-electron chi connectivity index (χ3n) is 3.34. The summed E-state index contributed by atoms with van der Waals surface area (Å²) in [7, 11) is -3.27. The minimum atomic E-state index is -3.27. The lowest BCUT2D eigenvalue weighted by atomic mass is 9.86. The molecule has 6 nitrogen and oxygen atoms in total. The van der Waals surface area contributed by atoms with Crippen molar-refractivity contribution in [2.45, 2.75) is 45.1 Å². The van der Waals surface area contributed by atoms with Crippen LogP contribution in [-0.2, 0) is 14.8 Å². The van der Waals surface area contributed by atoms with Crippen LogP contribution in [0.3, 0.4) is 0 Å². The van der Waals surface area contributed by atoms with Gasteiger partial charge in [-0.05, 0) is 32.1 Å². The first-order chi connectivity index (χ1) is 8.89. The molecule has 4 N–H and O–H groups in total. The van der Waals surface area contributed by atoms with Gasteiger partial charge in [-0.1, -0.05) is 6.42 Å². The van der Waals surface area contributed by atoms with Crippen LogP contribution in [0.25, 0.3) is 0 Å². The molecule has 0 aliphatic heterocycles. The van der Waals surface area contributed by atoms with Gasteiger partial charge < -0.3 is 11.1 Å². The van der Waals surface area contributed by atoms with Crippen molar-refractivity contribution in [2.75, 3.05) is 18.8 Å². The Morgan fingerprint density at radius 2 is 2.11 bits per heavy atom. The van der Waals surface area contributed by atoms with E-state index in [-0.39, 0.29) is 24.2 Å². The van der Waals surface area contributed by atoms with E-state index >= 15 is 0 Å². The molecule has 112 valence electrons. The molecule has 0 aromatic carbocycles. The highest BCUT2D eigenvalue weighted by Gasteiger charge is 2.20. The molecule has 1 aliphatic carbocycles. The van der Waals surface area contributed by atoms with E-state index in [1.807, 2.05) is 6.92 Å². The van der Waals surface area contributed by atoms with Gasteiger partial charge in [0.1, 0.15) is 0 Å². The van der Waals surface area contributed by atoms with Crippen LogP contribution in [0.15, 0.2) is 0 Å². The highest BCUT2D eigenvalue weighted by Crippen LogP contribution is 2.25. The van der Waals surface area contributed by atoms with Gasteiger partial charge in [0, 0.05) is 25.6 Å². The normalized spacial score (nSPS) is 17.8. The number of carbonyl (C=O) groups is 1. The third-order valence-corrected chi connectivity index (χ3v) is 4.68. The first-order valence-electron chi connectivity index (χ1n) is 6.88. The van der Waals surface area contributed by atoms with Gasteiger partial charge in [0.15, 0.2) is 0 Å². The molecule has 0 spiro atoms. The van der Waals surface area contributed by atoms with E-state index in [2.05, 4.69) is 10.0 Å². The zero-order chi connectivity index (χ0) is 14.3. The van der Waals surface area contributed by atoms with Crippen LogP contribution in [0, 0.1) is 5.92 Å². The summed E-state index contributed by atoms with van der Waals surface area (Å²) in [5, 5.41) is 2.60. The Bertz CT molecular complexity index is 378. The third kappa shape index (κ3) is 7.49. The van der Waals surface area contributed by atoms with Crippen molar-refractivity contribution >= 4 is 15.9 Å². The molecule has 1 saturated carbocycles. The van der Waals surface area contributed by atoms with Crippen LogP contribution in [0.5, 0.6) is 0 Å². The molecule has 19 heavy (non-hydrogen) atoms. The van der Waals surface area contributed by atoms with Crippen molar-refractivity contribution in [1.82, 2.24) is 10.0 Å². The Morgan fingerprint density at radius 3 is 2.63 bits per heavy atom. The quantitative estimate of drug-likeness (QED) is 0.554. The highest BCUT2D eigenvalue weighted by molar-refractivity contribution is 7.89. The summed E-state index contributed by atoms with van der Waals surface area (Å²) in [6, 6.07) is -0.0152. The fourth-order valence-electron chi connectivity index (χ4n) is 1.79. The fourth-order valence-corrected chi connectivity index (χ4v) is 2.79. The molecule has 0 bridgehead atoms. The molecule has 0 aromatic rings. The predicted octanol–water partition coefficient (Wildman–Crippen LogP) is -0.0505. The summed E-state index contributed by atoms with van der Waals surface area (Å²) >= 11 is 0. The van der Waals surface area contributed by atoms with Gasteiger partial charge >= 0.3 is 0 Å². The predicted molar refractivity (Wildman–Crippen MR) is 75.0 cm³/mol. The monoisotopic (exact) mass is 291 g/mol. The van der Waals surface area contributed by atoms with Crippen molar-refractivity contribution in [3.63, 3.8) is 0 Å². The second-order valence-corrected chi connectivity index (χ2v) is 7.26. The minimum Gasteiger partial charge on any atom is -0.355 e. The van der Waals surface area contributed by atoms with Gasteiger partial charge in [-0.2, -0.15) is 0 Å². The summed E-state index contributed by atoms with van der Waals surface area (Å²) in [4.78, 5) is 11.4. The van der Waals surface area contributed by atoms with Gasteiger partial charge in [0.25, 0.3) is 0 Å². The average Bonchev–Trinajstić information content (AvgIpc) is 2.23. The van der Waals surface area contributed by atoms with E-state index in [9.17, 15) is 13.2 Å². The van der Waals surface area contributed by atoms with Gasteiger partial charge in [-0.3, -0.25) is 4.79 Å². The Kier molecular flexibility index (Phi) is 6.74. The van der Waals surface area contributed by atoms with E-state index < -0.39 is 10.0 Å². The Morgan fingerprint density at radius 1 is 1.42 bits per heavy atom. The van der Waals surface area contributed by atoms with E-state index in [0.717, 1.165) is 12.8 Å². The zero-order valence-corrected chi connectivity index (χ0v) is 12.3. The number of amides is 1. The average molecular weight is 291 g/mol. The molecule has 0 saturated heterocycles. The fraction of sp³-hybridized carbons (Fsp3) is 0.917. The van der Waals surface area contributed by atoms with Gasteiger partial charge in [0.2, 0.25) is 15.9 Å². The van der Waals surface area contributed by atoms with Crippen LogP contribution in [0.1, 0.15) is 39.0 Å². The molecule has 1 amide bonds. The van der Waals surface area contributed by atoms with E-state index in [1.54, 1.807) is 0 Å². The van der Waals surface area contributed by atoms with Gasteiger partial charge in [0.05, 0.1) is 5.75 Å². The molecule has 0 heterocycles. The van der Waals surface area contributed by atoms with Crippen molar-refractivity contribution < 1.29 is 13.2 Å². The minimum absolute atomic E-state index is 0.0152. The van der Waals surface area contributed by atoms with Crippen LogP contribution in [0.4, 0.5) is 0 Å². The van der Waals surface area contributed by atoms with Crippen molar-refractivity contribution in [3.05, 3.63) is 0 Å². The Labute approximate surface area is 115 Å². The first kappa shape index (κ1) is 16.4. The summed E-state index contributed by atoms with van der Waals surface area (Å²) in [6.45, 7) is 2.51. The summed E-state index contributed by atoms with van der Waals surface area (Å²) in [5.74, 6) is 0.283. The summed E-state index contributed by atoms with van der Waals surface area (Å²) < 4.78 is 25.9. The number of nitrogens with one attached hydrogen (secondary N) is 2. The molecule has 0 radical (unpaired) electrons. The standard InChI is InChI=1S/C12H25N3O3S/c1-10(13)5-6-12(16)14-7-8-19(17,18)15-9-11-3-2-4-11/h10-11,15H,2-9,13H2,1H3,(H,14,16). The number of carbonyl (C=O) groups excluding carboxylic acids is 1. The lowest BCUT2D eigenvalue weighted by Crippen LogP contribution is -2.37. The largest absolute Gasteiger partial charge is 0.355 e. The molecule has 1 atom stereocenters. The second kappa shape index (κ2) is 7.81. The molecule has 0 aromatic heterocycles. The molecule has 1 rings (SSSR count). The lowest BCUT2D eigenvalue weighted by molar-refractivity contribution is -0.121. The zero-order valence-electron chi connectivity index (χ0n) is 11.5. The number of hydrogen-bond acceptors (Lipinski definition) is 4. The van der Waals surface area contributed by atoms with Crippen LogP contribution in [-0.4, -0.2) is 39.2 Å². The molecule has 1 fully saturated rings. The smallest absolute Gasteiger partial charge is 0.220 e. The second-order valence-electron chi connectivity index (χ2n) is 5.33. The summed E-state index contributed by atoms with van der Waals surface area (Å²) in [5.41, 5.74) is 5.54. The number of hydrogen-bond donors (Lipinski definition) is 3. The van der Waals surface area contributed by atoms with Crippen molar-refractivity contribution in [2.24, 2.45) is 11.7 Å². The maximum Gasteiger partial charge on any atom is 0.220 e. The molecular weight excluding hydrogens is 266 g/mol. The van der Waals surface area contributed by atoms with Crippen molar-refractivity contribution in [1.29, 1.82) is 0 Å². The summed E-state index contributed by atoms with van der Waals surface area (Å²) in [6.07, 6.45) is 4.36. The number of sulfonamides is 1. The number of nitrogens with two attached hydrogens (primary N) is 1. The van der Waals surface area contributed by atoms with Crippen LogP contribution >= 0.6 is 0 Å². The highest BCUT2D eigenvalue weighted by atomic mass is 32.2.